The van der Waals surface area contributed by atoms with Crippen LogP contribution in [0.15, 0.2) is 77.7 Å². The second-order valence-electron chi connectivity index (χ2n) is 8.53. The van der Waals surface area contributed by atoms with Gasteiger partial charge in [0.25, 0.3) is 11.8 Å². The van der Waals surface area contributed by atoms with Gasteiger partial charge in [0.15, 0.2) is 0 Å². The molecule has 3 aromatic rings. The number of fused-ring (bicyclic) bond motifs is 1. The van der Waals surface area contributed by atoms with Gasteiger partial charge in [-0.3, -0.25) is 14.8 Å². The molecule has 11 heteroatoms. The van der Waals surface area contributed by atoms with Crippen LogP contribution < -0.4 is 15.1 Å². The van der Waals surface area contributed by atoms with Crippen molar-refractivity contribution in [3.8, 4) is 17.6 Å². The molecule has 39 heavy (non-hydrogen) atoms. The monoisotopic (exact) mass is 567 g/mol. The average Bonchev–Trinajstić information content (AvgIpc) is 3.13. The minimum atomic E-state index is -4.29. The summed E-state index contributed by atoms with van der Waals surface area (Å²) < 4.78 is 34.2. The highest BCUT2D eigenvalue weighted by Gasteiger charge is 2.41. The Labute approximate surface area is 232 Å². The maximum absolute atomic E-state index is 13.9. The van der Waals surface area contributed by atoms with E-state index >= 15 is 0 Å². The van der Waals surface area contributed by atoms with E-state index in [-0.39, 0.29) is 35.2 Å². The molecule has 4 rings (SSSR count). The van der Waals surface area contributed by atoms with Gasteiger partial charge in [0.1, 0.15) is 18.4 Å². The fourth-order valence-electron chi connectivity index (χ4n) is 4.20. The number of hydrogen-bond acceptors (Lipinski definition) is 6. The van der Waals surface area contributed by atoms with Crippen LogP contribution in [0.25, 0.3) is 0 Å². The van der Waals surface area contributed by atoms with Crippen LogP contribution in [0.5, 0.6) is 5.75 Å². The van der Waals surface area contributed by atoms with Gasteiger partial charge in [0.05, 0.1) is 22.0 Å². The quantitative estimate of drug-likeness (QED) is 0.265. The van der Waals surface area contributed by atoms with Crippen LogP contribution in [0.1, 0.15) is 29.3 Å². The molecule has 1 unspecified atom stereocenters. The third-order valence-corrected chi connectivity index (χ3v) is 8.32. The van der Waals surface area contributed by atoms with E-state index in [1.54, 1.807) is 54.0 Å². The summed E-state index contributed by atoms with van der Waals surface area (Å²) in [6, 6.07) is 17.5. The second-order valence-corrected chi connectivity index (χ2v) is 10.8. The number of hydroxylamine groups is 1. The van der Waals surface area contributed by atoms with E-state index in [1.807, 2.05) is 6.92 Å². The number of carbonyl (C=O) groups is 2. The van der Waals surface area contributed by atoms with Crippen LogP contribution >= 0.6 is 11.6 Å². The van der Waals surface area contributed by atoms with E-state index in [1.165, 1.54) is 29.2 Å². The van der Waals surface area contributed by atoms with E-state index < -0.39 is 27.9 Å². The predicted molar refractivity (Wildman–Crippen MR) is 146 cm³/mol. The Morgan fingerprint density at radius 3 is 2.44 bits per heavy atom. The molecule has 1 heterocycles. The van der Waals surface area contributed by atoms with Crippen LogP contribution in [0.3, 0.4) is 0 Å². The van der Waals surface area contributed by atoms with Crippen molar-refractivity contribution in [3.63, 3.8) is 0 Å². The lowest BCUT2D eigenvalue weighted by atomic mass is 10.1. The zero-order valence-corrected chi connectivity index (χ0v) is 22.6. The molecule has 1 atom stereocenters. The predicted octanol–water partition coefficient (Wildman–Crippen LogP) is 3.86. The summed E-state index contributed by atoms with van der Waals surface area (Å²) in [6.45, 7) is 1.48. The van der Waals surface area contributed by atoms with Crippen molar-refractivity contribution in [1.29, 1.82) is 0 Å². The van der Waals surface area contributed by atoms with Gasteiger partial charge in [-0.1, -0.05) is 54.8 Å². The van der Waals surface area contributed by atoms with Crippen LogP contribution in [-0.4, -0.2) is 48.9 Å². The first-order chi connectivity index (χ1) is 18.8. The maximum Gasteiger partial charge on any atom is 0.263 e. The number of rotatable bonds is 6. The first-order valence-corrected chi connectivity index (χ1v) is 13.9. The van der Waals surface area contributed by atoms with Gasteiger partial charge in [-0.05, 0) is 48.0 Å². The van der Waals surface area contributed by atoms with E-state index in [2.05, 4.69) is 11.8 Å². The van der Waals surface area contributed by atoms with Crippen LogP contribution in [0, 0.1) is 11.8 Å². The topological polar surface area (TPSA) is 116 Å². The van der Waals surface area contributed by atoms with Crippen molar-refractivity contribution >= 4 is 39.1 Å². The van der Waals surface area contributed by atoms with E-state index in [9.17, 15) is 23.2 Å². The Hall–Kier alpha value is -3.88. The molecule has 3 aromatic carbocycles. The number of ether oxygens (including phenoxy) is 1. The molecular weight excluding hydrogens is 542 g/mol. The fraction of sp³-hybridized carbons (Fsp3) is 0.214. The molecule has 1 aliphatic rings. The Bertz CT molecular complexity index is 1530. The summed E-state index contributed by atoms with van der Waals surface area (Å²) in [5.74, 6) is 4.65. The zero-order valence-electron chi connectivity index (χ0n) is 21.0. The Morgan fingerprint density at radius 2 is 1.74 bits per heavy atom. The largest absolute Gasteiger partial charge is 0.481 e. The maximum atomic E-state index is 13.9. The van der Waals surface area contributed by atoms with E-state index in [0.29, 0.717) is 23.4 Å². The molecule has 0 bridgehead atoms. The minimum absolute atomic E-state index is 0.0893. The van der Waals surface area contributed by atoms with Crippen molar-refractivity contribution in [1.82, 2.24) is 9.79 Å². The molecule has 0 saturated carbocycles. The zero-order chi connectivity index (χ0) is 28.0. The lowest BCUT2D eigenvalue weighted by Gasteiger charge is -2.29. The van der Waals surface area contributed by atoms with Crippen molar-refractivity contribution in [2.75, 3.05) is 18.1 Å². The molecule has 0 spiro atoms. The van der Waals surface area contributed by atoms with Crippen LogP contribution in [-0.2, 0) is 21.4 Å². The van der Waals surface area contributed by atoms with Crippen molar-refractivity contribution < 1.29 is 28.0 Å². The summed E-state index contributed by atoms with van der Waals surface area (Å²) >= 11 is 6.28. The number of hydrogen-bond donors (Lipinski definition) is 2. The van der Waals surface area contributed by atoms with Crippen molar-refractivity contribution in [2.24, 2.45) is 0 Å². The average molecular weight is 568 g/mol. The molecule has 0 aliphatic carbocycles. The lowest BCUT2D eigenvalue weighted by Crippen LogP contribution is -2.53. The third-order valence-electron chi connectivity index (χ3n) is 6.12. The third kappa shape index (κ3) is 6.08. The van der Waals surface area contributed by atoms with E-state index in [0.717, 1.165) is 4.31 Å². The summed E-state index contributed by atoms with van der Waals surface area (Å²) in [4.78, 5) is 27.7. The SMILES string of the molecule is CCC#CCOc1ccc(S(=O)(=O)N2Cc3ccccc3N(C(=O)c3ccccc3Cl)CC2C(=O)NO)cc1. The molecule has 0 aromatic heterocycles. The number of amides is 2. The number of anilines is 1. The molecule has 2 amide bonds. The van der Waals surface area contributed by atoms with Gasteiger partial charge in [-0.15, -0.1) is 5.92 Å². The molecule has 2 N–H and O–H groups in total. The van der Waals surface area contributed by atoms with Gasteiger partial charge in [-0.25, -0.2) is 13.9 Å². The Kier molecular flexibility index (Phi) is 8.89. The molecular formula is C28H26ClN3O6S. The summed E-state index contributed by atoms with van der Waals surface area (Å²) in [5.41, 5.74) is 2.66. The number of carbonyl (C=O) groups excluding carboxylic acids is 2. The minimum Gasteiger partial charge on any atom is -0.481 e. The molecule has 202 valence electrons. The van der Waals surface area contributed by atoms with Gasteiger partial charge < -0.3 is 9.64 Å². The molecule has 0 saturated heterocycles. The van der Waals surface area contributed by atoms with Crippen molar-refractivity contribution in [3.05, 3.63) is 88.9 Å². The highest BCUT2D eigenvalue weighted by molar-refractivity contribution is 7.89. The number of benzene rings is 3. The summed E-state index contributed by atoms with van der Waals surface area (Å²) in [6.07, 6.45) is 0.698. The molecule has 9 nitrogen and oxygen atoms in total. The number of para-hydroxylation sites is 1. The standard InChI is InChI=1S/C28H26ClN3O6S/c1-2-3-8-17-38-21-13-15-22(16-14-21)39(36,37)32-18-20-9-4-7-12-25(20)31(19-26(32)27(33)30-35)28(34)23-10-5-6-11-24(23)29/h4-7,9-16,26,35H,2,17-19H2,1H3,(H,30,33). The summed E-state index contributed by atoms with van der Waals surface area (Å²) in [5, 5.41) is 9.73. The van der Waals surface area contributed by atoms with Crippen molar-refractivity contribution in [2.45, 2.75) is 30.8 Å². The number of halogens is 1. The highest BCUT2D eigenvalue weighted by Crippen LogP contribution is 2.33. The smallest absolute Gasteiger partial charge is 0.263 e. The first kappa shape index (κ1) is 28.1. The molecule has 0 fully saturated rings. The van der Waals surface area contributed by atoms with Crippen LogP contribution in [0.2, 0.25) is 5.02 Å². The number of nitrogens with one attached hydrogen (secondary N) is 1. The number of sulfonamides is 1. The van der Waals surface area contributed by atoms with Crippen LogP contribution in [0.4, 0.5) is 5.69 Å². The van der Waals surface area contributed by atoms with Gasteiger partial charge in [-0.2, -0.15) is 4.31 Å². The van der Waals surface area contributed by atoms with Gasteiger partial charge in [0, 0.05) is 18.7 Å². The molecule has 0 radical (unpaired) electrons. The Balaban J connectivity index is 1.73. The first-order valence-electron chi connectivity index (χ1n) is 12.1. The number of nitrogens with zero attached hydrogens (tertiary/aromatic N) is 2. The van der Waals surface area contributed by atoms with E-state index in [4.69, 9.17) is 16.3 Å². The summed E-state index contributed by atoms with van der Waals surface area (Å²) in [7, 11) is -4.29. The van der Waals surface area contributed by atoms with Gasteiger partial charge >= 0.3 is 0 Å². The highest BCUT2D eigenvalue weighted by atomic mass is 35.5. The Morgan fingerprint density at radius 1 is 1.05 bits per heavy atom. The normalized spacial score (nSPS) is 15.4. The second kappa shape index (κ2) is 12.3. The fourth-order valence-corrected chi connectivity index (χ4v) is 5.97. The molecule has 1 aliphatic heterocycles. The lowest BCUT2D eigenvalue weighted by molar-refractivity contribution is -0.133. The van der Waals surface area contributed by atoms with Gasteiger partial charge in [0.2, 0.25) is 10.0 Å².